The standard InChI is InChI=1S/C15H25N3O2S/c1-10(2)18-15(5,13(19)20-6)9-12(4)21-14-16-8-7-11(3)17-14/h7-8,10,12,18H,9H2,1-6H3. The third-order valence-electron chi connectivity index (χ3n) is 3.02. The fourth-order valence-corrected chi connectivity index (χ4v) is 3.44. The van der Waals surface area contributed by atoms with Crippen molar-refractivity contribution in [3.05, 3.63) is 18.0 Å². The van der Waals surface area contributed by atoms with Crippen molar-refractivity contribution in [2.75, 3.05) is 7.11 Å². The fraction of sp³-hybridized carbons (Fsp3) is 0.667. The zero-order chi connectivity index (χ0) is 16.0. The van der Waals surface area contributed by atoms with Crippen LogP contribution in [0.1, 0.15) is 39.8 Å². The first kappa shape index (κ1) is 17.9. The number of hydrogen-bond donors (Lipinski definition) is 1. The maximum Gasteiger partial charge on any atom is 0.325 e. The van der Waals surface area contributed by atoms with Crippen LogP contribution in [-0.4, -0.2) is 39.9 Å². The Kier molecular flexibility index (Phi) is 6.61. The summed E-state index contributed by atoms with van der Waals surface area (Å²) in [5, 5.41) is 4.22. The van der Waals surface area contributed by atoms with E-state index in [1.165, 1.54) is 7.11 Å². The van der Waals surface area contributed by atoms with E-state index in [1.807, 2.05) is 33.8 Å². The van der Waals surface area contributed by atoms with E-state index in [1.54, 1.807) is 18.0 Å². The first-order valence-corrected chi connectivity index (χ1v) is 7.97. The average molecular weight is 311 g/mol. The summed E-state index contributed by atoms with van der Waals surface area (Å²) in [7, 11) is 1.42. The smallest absolute Gasteiger partial charge is 0.325 e. The summed E-state index contributed by atoms with van der Waals surface area (Å²) < 4.78 is 4.94. The van der Waals surface area contributed by atoms with Crippen LogP contribution in [0.2, 0.25) is 0 Å². The van der Waals surface area contributed by atoms with Crippen LogP contribution < -0.4 is 5.32 Å². The van der Waals surface area contributed by atoms with Gasteiger partial charge in [-0.15, -0.1) is 0 Å². The van der Waals surface area contributed by atoms with E-state index in [-0.39, 0.29) is 17.3 Å². The molecule has 118 valence electrons. The Morgan fingerprint density at radius 1 is 1.48 bits per heavy atom. The van der Waals surface area contributed by atoms with Crippen LogP contribution in [0.3, 0.4) is 0 Å². The van der Waals surface area contributed by atoms with Crippen LogP contribution in [0, 0.1) is 6.92 Å². The normalized spacial score (nSPS) is 15.6. The van der Waals surface area contributed by atoms with E-state index in [2.05, 4.69) is 22.2 Å². The van der Waals surface area contributed by atoms with Crippen LogP contribution in [0.5, 0.6) is 0 Å². The molecule has 0 aromatic carbocycles. The number of aromatic nitrogens is 2. The van der Waals surface area contributed by atoms with E-state index < -0.39 is 5.54 Å². The summed E-state index contributed by atoms with van der Waals surface area (Å²) in [5.74, 6) is -0.242. The van der Waals surface area contributed by atoms with Gasteiger partial charge in [0.1, 0.15) is 5.54 Å². The van der Waals surface area contributed by atoms with Gasteiger partial charge in [-0.1, -0.05) is 18.7 Å². The lowest BCUT2D eigenvalue weighted by atomic mass is 9.95. The van der Waals surface area contributed by atoms with E-state index in [9.17, 15) is 4.79 Å². The van der Waals surface area contributed by atoms with Gasteiger partial charge >= 0.3 is 5.97 Å². The third-order valence-corrected chi connectivity index (χ3v) is 3.99. The third kappa shape index (κ3) is 5.63. The maximum atomic E-state index is 12.1. The predicted molar refractivity (Wildman–Crippen MR) is 85.4 cm³/mol. The molecule has 0 spiro atoms. The molecule has 0 radical (unpaired) electrons. The molecule has 0 saturated carbocycles. The summed E-state index contributed by atoms with van der Waals surface area (Å²) >= 11 is 1.57. The molecule has 2 atom stereocenters. The van der Waals surface area contributed by atoms with Crippen LogP contribution in [-0.2, 0) is 9.53 Å². The minimum atomic E-state index is -0.709. The van der Waals surface area contributed by atoms with Gasteiger partial charge in [-0.05, 0) is 40.2 Å². The van der Waals surface area contributed by atoms with E-state index in [4.69, 9.17) is 4.74 Å². The number of thioether (sulfide) groups is 1. The number of ether oxygens (including phenoxy) is 1. The first-order valence-electron chi connectivity index (χ1n) is 7.09. The Morgan fingerprint density at radius 3 is 2.67 bits per heavy atom. The number of methoxy groups -OCH3 is 1. The van der Waals surface area contributed by atoms with Gasteiger partial charge in [0.15, 0.2) is 5.16 Å². The lowest BCUT2D eigenvalue weighted by Crippen LogP contribution is -2.54. The molecular weight excluding hydrogens is 286 g/mol. The van der Waals surface area contributed by atoms with E-state index >= 15 is 0 Å². The largest absolute Gasteiger partial charge is 0.468 e. The molecule has 0 aliphatic rings. The summed E-state index contributed by atoms with van der Waals surface area (Å²) in [5.41, 5.74) is 0.231. The van der Waals surface area contributed by atoms with Crippen molar-refractivity contribution in [2.45, 2.75) is 63.0 Å². The molecule has 0 saturated heterocycles. The molecule has 1 N–H and O–H groups in total. The highest BCUT2D eigenvalue weighted by molar-refractivity contribution is 7.99. The highest BCUT2D eigenvalue weighted by Gasteiger charge is 2.36. The second-order valence-corrected chi connectivity index (χ2v) is 7.14. The zero-order valence-corrected chi connectivity index (χ0v) is 14.5. The lowest BCUT2D eigenvalue weighted by Gasteiger charge is -2.32. The van der Waals surface area contributed by atoms with Crippen molar-refractivity contribution in [1.82, 2.24) is 15.3 Å². The summed E-state index contributed by atoms with van der Waals surface area (Å²) in [6, 6.07) is 2.06. The minimum absolute atomic E-state index is 0.183. The van der Waals surface area contributed by atoms with Gasteiger partial charge in [-0.2, -0.15) is 0 Å². The fourth-order valence-electron chi connectivity index (χ4n) is 2.34. The molecule has 5 nitrogen and oxygen atoms in total. The number of esters is 1. The van der Waals surface area contributed by atoms with Crippen molar-refractivity contribution in [3.8, 4) is 0 Å². The second-order valence-electron chi connectivity index (χ2n) is 5.74. The molecule has 1 heterocycles. The molecule has 6 heteroatoms. The van der Waals surface area contributed by atoms with Gasteiger partial charge in [0.2, 0.25) is 0 Å². The van der Waals surface area contributed by atoms with Gasteiger partial charge in [0.05, 0.1) is 7.11 Å². The summed E-state index contributed by atoms with van der Waals surface area (Å²) in [6.07, 6.45) is 2.39. The van der Waals surface area contributed by atoms with Crippen LogP contribution >= 0.6 is 11.8 Å². The minimum Gasteiger partial charge on any atom is -0.468 e. The molecular formula is C15H25N3O2S. The Bertz CT molecular complexity index is 482. The van der Waals surface area contributed by atoms with Crippen LogP contribution in [0.4, 0.5) is 0 Å². The summed E-state index contributed by atoms with van der Waals surface area (Å²) in [4.78, 5) is 20.7. The topological polar surface area (TPSA) is 64.1 Å². The van der Waals surface area contributed by atoms with E-state index in [0.29, 0.717) is 6.42 Å². The number of aryl methyl sites for hydroxylation is 1. The molecule has 0 bridgehead atoms. The zero-order valence-electron chi connectivity index (χ0n) is 13.6. The molecule has 0 aliphatic heterocycles. The predicted octanol–water partition coefficient (Wildman–Crippen LogP) is 2.59. The molecule has 1 rings (SSSR count). The Labute approximate surface area is 131 Å². The molecule has 0 fully saturated rings. The Balaban J connectivity index is 2.76. The van der Waals surface area contributed by atoms with Crippen molar-refractivity contribution < 1.29 is 9.53 Å². The van der Waals surface area contributed by atoms with Gasteiger partial charge in [-0.25, -0.2) is 9.97 Å². The number of carbonyl (C=O) groups excluding carboxylic acids is 1. The Morgan fingerprint density at radius 2 is 2.14 bits per heavy atom. The van der Waals surface area contributed by atoms with Crippen LogP contribution in [0.15, 0.2) is 17.4 Å². The average Bonchev–Trinajstić information content (AvgIpc) is 2.36. The molecule has 1 aromatic heterocycles. The molecule has 0 aliphatic carbocycles. The Hall–Kier alpha value is -1.14. The number of nitrogens with one attached hydrogen (secondary N) is 1. The number of carbonyl (C=O) groups is 1. The van der Waals surface area contributed by atoms with Gasteiger partial charge < -0.3 is 4.74 Å². The quantitative estimate of drug-likeness (QED) is 0.474. The molecule has 2 unspecified atom stereocenters. The van der Waals surface area contributed by atoms with E-state index in [0.717, 1.165) is 10.9 Å². The van der Waals surface area contributed by atoms with Gasteiger partial charge in [0.25, 0.3) is 0 Å². The van der Waals surface area contributed by atoms with Crippen LogP contribution in [0.25, 0.3) is 0 Å². The maximum absolute atomic E-state index is 12.1. The van der Waals surface area contributed by atoms with Crippen molar-refractivity contribution >= 4 is 17.7 Å². The van der Waals surface area contributed by atoms with Crippen molar-refractivity contribution in [1.29, 1.82) is 0 Å². The molecule has 0 amide bonds. The molecule has 21 heavy (non-hydrogen) atoms. The number of hydrogen-bond acceptors (Lipinski definition) is 6. The highest BCUT2D eigenvalue weighted by atomic mass is 32.2. The number of rotatable bonds is 7. The molecule has 1 aromatic rings. The van der Waals surface area contributed by atoms with Crippen molar-refractivity contribution in [2.24, 2.45) is 0 Å². The van der Waals surface area contributed by atoms with Gasteiger partial charge in [0, 0.05) is 23.2 Å². The van der Waals surface area contributed by atoms with Gasteiger partial charge in [-0.3, -0.25) is 10.1 Å². The lowest BCUT2D eigenvalue weighted by molar-refractivity contribution is -0.148. The number of nitrogens with zero attached hydrogens (tertiary/aromatic N) is 2. The monoisotopic (exact) mass is 311 g/mol. The SMILES string of the molecule is COC(=O)C(C)(CC(C)Sc1nccc(C)n1)NC(C)C. The highest BCUT2D eigenvalue weighted by Crippen LogP contribution is 2.27. The summed E-state index contributed by atoms with van der Waals surface area (Å²) in [6.45, 7) is 9.92. The second kappa shape index (κ2) is 7.75. The van der Waals surface area contributed by atoms with Crippen molar-refractivity contribution in [3.63, 3.8) is 0 Å². The first-order chi connectivity index (χ1) is 9.76.